The lowest BCUT2D eigenvalue weighted by Crippen LogP contribution is -2.25. The lowest BCUT2D eigenvalue weighted by atomic mass is 10.1. The van der Waals surface area contributed by atoms with Gasteiger partial charge in [0, 0.05) is 31.0 Å². The van der Waals surface area contributed by atoms with Crippen molar-refractivity contribution in [2.45, 2.75) is 38.8 Å². The second-order valence-corrected chi connectivity index (χ2v) is 6.22. The van der Waals surface area contributed by atoms with Crippen LogP contribution in [-0.2, 0) is 18.3 Å². The average Bonchev–Trinajstić information content (AvgIpc) is 2.87. The number of ether oxygens (including phenoxy) is 1. The number of hydrogen-bond acceptors (Lipinski definition) is 3. The minimum atomic E-state index is 0.00330. The zero-order valence-electron chi connectivity index (χ0n) is 12.9. The Morgan fingerprint density at radius 3 is 2.95 bits per heavy atom. The molecule has 0 N–H and O–H groups in total. The van der Waals surface area contributed by atoms with Crippen molar-refractivity contribution in [3.63, 3.8) is 0 Å². The van der Waals surface area contributed by atoms with Gasteiger partial charge in [0.05, 0.1) is 18.8 Å². The highest BCUT2D eigenvalue weighted by molar-refractivity contribution is 6.29. The molecule has 0 spiro atoms. The highest BCUT2D eigenvalue weighted by Gasteiger charge is 2.19. The predicted molar refractivity (Wildman–Crippen MR) is 86.2 cm³/mol. The van der Waals surface area contributed by atoms with Gasteiger partial charge in [0.1, 0.15) is 11.0 Å². The Kier molecular flexibility index (Phi) is 4.36. The molecule has 1 unspecified atom stereocenters. The van der Waals surface area contributed by atoms with E-state index in [-0.39, 0.29) is 11.7 Å². The Labute approximate surface area is 134 Å². The number of pyridine rings is 1. The first-order valence-electron chi connectivity index (χ1n) is 7.56. The van der Waals surface area contributed by atoms with Crippen molar-refractivity contribution < 1.29 is 4.74 Å². The molecule has 1 fully saturated rings. The minimum absolute atomic E-state index is 0.00330. The van der Waals surface area contributed by atoms with E-state index >= 15 is 0 Å². The second kappa shape index (κ2) is 6.26. The van der Waals surface area contributed by atoms with Crippen LogP contribution in [0.5, 0.6) is 0 Å². The Morgan fingerprint density at radius 1 is 1.45 bits per heavy atom. The molecule has 0 saturated carbocycles. The molecule has 118 valence electrons. The maximum atomic E-state index is 11.8. The largest absolute Gasteiger partial charge is 0.376 e. The lowest BCUT2D eigenvalue weighted by molar-refractivity contribution is 0.00628. The van der Waals surface area contributed by atoms with E-state index in [0.717, 1.165) is 30.8 Å². The van der Waals surface area contributed by atoms with Crippen molar-refractivity contribution in [2.75, 3.05) is 6.61 Å². The molecule has 3 heterocycles. The molecular formula is C16H20ClN3O2. The van der Waals surface area contributed by atoms with E-state index < -0.39 is 0 Å². The second-order valence-electron chi connectivity index (χ2n) is 5.83. The molecule has 5 nitrogen and oxygen atoms in total. The van der Waals surface area contributed by atoms with Crippen molar-refractivity contribution >= 4 is 11.6 Å². The van der Waals surface area contributed by atoms with Crippen LogP contribution in [0.1, 0.15) is 24.8 Å². The topological polar surface area (TPSA) is 49.0 Å². The monoisotopic (exact) mass is 321 g/mol. The van der Waals surface area contributed by atoms with Crippen molar-refractivity contribution in [3.8, 4) is 11.4 Å². The van der Waals surface area contributed by atoms with Gasteiger partial charge in [-0.2, -0.15) is 0 Å². The molecule has 0 aliphatic carbocycles. The molecule has 1 saturated heterocycles. The molecule has 0 amide bonds. The molecule has 0 radical (unpaired) electrons. The summed E-state index contributed by atoms with van der Waals surface area (Å²) >= 11 is 6.30. The summed E-state index contributed by atoms with van der Waals surface area (Å²) in [7, 11) is 1.75. The van der Waals surface area contributed by atoms with Gasteiger partial charge >= 0.3 is 0 Å². The Balaban J connectivity index is 1.96. The summed E-state index contributed by atoms with van der Waals surface area (Å²) in [5.74, 6) is 0.776. The first kappa shape index (κ1) is 15.3. The Hall–Kier alpha value is -1.59. The number of nitrogens with zero attached hydrogens (tertiary/aromatic N) is 3. The van der Waals surface area contributed by atoms with Crippen LogP contribution in [0.25, 0.3) is 11.4 Å². The number of imidazole rings is 1. The maximum absolute atomic E-state index is 11.8. The molecule has 3 rings (SSSR count). The third-order valence-corrected chi connectivity index (χ3v) is 4.39. The highest BCUT2D eigenvalue weighted by Crippen LogP contribution is 2.25. The lowest BCUT2D eigenvalue weighted by Gasteiger charge is -2.24. The van der Waals surface area contributed by atoms with Gasteiger partial charge in [-0.15, -0.1) is 0 Å². The number of hydrogen-bond donors (Lipinski definition) is 0. The van der Waals surface area contributed by atoms with Crippen molar-refractivity contribution in [3.05, 3.63) is 39.5 Å². The van der Waals surface area contributed by atoms with E-state index in [1.807, 2.05) is 17.6 Å². The normalized spacial score (nSPS) is 18.6. The standard InChI is InChI=1S/C16H20ClN3O2/c1-11-7-12(9-19(2)16(11)21)15-18-8-14(17)20(15)10-13-5-3-4-6-22-13/h7-9,13H,3-6,10H2,1-2H3. The van der Waals surface area contributed by atoms with Crippen LogP contribution < -0.4 is 5.56 Å². The summed E-state index contributed by atoms with van der Waals surface area (Å²) < 4.78 is 9.35. The highest BCUT2D eigenvalue weighted by atomic mass is 35.5. The van der Waals surface area contributed by atoms with Gasteiger partial charge in [-0.25, -0.2) is 4.98 Å². The van der Waals surface area contributed by atoms with Gasteiger partial charge in [0.2, 0.25) is 0 Å². The average molecular weight is 322 g/mol. The molecular weight excluding hydrogens is 302 g/mol. The van der Waals surface area contributed by atoms with Gasteiger partial charge in [-0.05, 0) is 32.3 Å². The number of halogens is 1. The summed E-state index contributed by atoms with van der Waals surface area (Å²) in [6.07, 6.45) is 6.98. The first-order valence-corrected chi connectivity index (χ1v) is 7.94. The Morgan fingerprint density at radius 2 is 2.27 bits per heavy atom. The van der Waals surface area contributed by atoms with Crippen LogP contribution in [0.4, 0.5) is 0 Å². The summed E-state index contributed by atoms with van der Waals surface area (Å²) in [5.41, 5.74) is 1.59. The molecule has 1 aliphatic rings. The van der Waals surface area contributed by atoms with Crippen LogP contribution in [0.2, 0.25) is 5.15 Å². The van der Waals surface area contributed by atoms with Crippen molar-refractivity contribution in [1.29, 1.82) is 0 Å². The fourth-order valence-electron chi connectivity index (χ4n) is 2.91. The molecule has 2 aromatic heterocycles. The van der Waals surface area contributed by atoms with Gasteiger partial charge in [-0.3, -0.25) is 4.79 Å². The van der Waals surface area contributed by atoms with E-state index in [9.17, 15) is 4.79 Å². The van der Waals surface area contributed by atoms with Gasteiger partial charge in [0.25, 0.3) is 5.56 Å². The summed E-state index contributed by atoms with van der Waals surface area (Å²) in [5, 5.41) is 0.593. The maximum Gasteiger partial charge on any atom is 0.253 e. The van der Waals surface area contributed by atoms with Gasteiger partial charge in [-0.1, -0.05) is 11.6 Å². The van der Waals surface area contributed by atoms with Gasteiger partial charge in [0.15, 0.2) is 0 Å². The molecule has 0 aromatic carbocycles. The van der Waals surface area contributed by atoms with E-state index in [0.29, 0.717) is 17.3 Å². The van der Waals surface area contributed by atoms with Gasteiger partial charge < -0.3 is 13.9 Å². The van der Waals surface area contributed by atoms with Crippen LogP contribution in [0, 0.1) is 6.92 Å². The third kappa shape index (κ3) is 2.96. The summed E-state index contributed by atoms with van der Waals surface area (Å²) in [6, 6.07) is 1.86. The van der Waals surface area contributed by atoms with Crippen LogP contribution in [-0.4, -0.2) is 26.8 Å². The van der Waals surface area contributed by atoms with E-state index in [4.69, 9.17) is 16.3 Å². The predicted octanol–water partition coefficient (Wildman–Crippen LogP) is 2.78. The zero-order valence-corrected chi connectivity index (χ0v) is 13.6. The van der Waals surface area contributed by atoms with Crippen molar-refractivity contribution in [2.24, 2.45) is 7.05 Å². The molecule has 6 heteroatoms. The molecule has 1 atom stereocenters. The molecule has 2 aromatic rings. The van der Waals surface area contributed by atoms with Crippen LogP contribution in [0.3, 0.4) is 0 Å². The first-order chi connectivity index (χ1) is 10.6. The van der Waals surface area contributed by atoms with E-state index in [1.54, 1.807) is 24.0 Å². The summed E-state index contributed by atoms with van der Waals surface area (Å²) in [4.78, 5) is 16.3. The quantitative estimate of drug-likeness (QED) is 0.873. The number of aryl methyl sites for hydroxylation is 2. The Bertz CT molecular complexity index is 703. The number of rotatable bonds is 3. The fraction of sp³-hybridized carbons (Fsp3) is 0.500. The molecule has 1 aliphatic heterocycles. The zero-order chi connectivity index (χ0) is 15.7. The SMILES string of the molecule is Cc1cc(-c2ncc(Cl)n2CC2CCCCO2)cn(C)c1=O. The fourth-order valence-corrected chi connectivity index (χ4v) is 3.11. The third-order valence-electron chi connectivity index (χ3n) is 4.09. The minimum Gasteiger partial charge on any atom is -0.376 e. The van der Waals surface area contributed by atoms with E-state index in [2.05, 4.69) is 4.98 Å². The van der Waals surface area contributed by atoms with Crippen molar-refractivity contribution in [1.82, 2.24) is 14.1 Å². The van der Waals surface area contributed by atoms with Crippen LogP contribution >= 0.6 is 11.6 Å². The molecule has 0 bridgehead atoms. The summed E-state index contributed by atoms with van der Waals surface area (Å²) in [6.45, 7) is 3.31. The van der Waals surface area contributed by atoms with E-state index in [1.165, 1.54) is 6.42 Å². The van der Waals surface area contributed by atoms with Crippen LogP contribution in [0.15, 0.2) is 23.3 Å². The molecule has 22 heavy (non-hydrogen) atoms. The smallest absolute Gasteiger partial charge is 0.253 e. The number of aromatic nitrogens is 3.